The van der Waals surface area contributed by atoms with Crippen LogP contribution in [0.15, 0.2) is 22.3 Å². The van der Waals surface area contributed by atoms with E-state index in [1.807, 2.05) is 0 Å². The van der Waals surface area contributed by atoms with Crippen LogP contribution in [-0.2, 0) is 14.3 Å². The van der Waals surface area contributed by atoms with E-state index in [0.29, 0.717) is 50.5 Å². The molecule has 0 aliphatic heterocycles. The molecule has 0 radical (unpaired) electrons. The van der Waals surface area contributed by atoms with E-state index < -0.39 is 58.1 Å². The molecule has 11 atom stereocenters. The molecule has 0 aromatic carbocycles. The summed E-state index contributed by atoms with van der Waals surface area (Å²) in [4.78, 5) is 25.6. The lowest BCUT2D eigenvalue weighted by atomic mass is 9.35. The number of hydrogen-bond acceptors (Lipinski definition) is 7. The Balaban J connectivity index is 1.65. The van der Waals surface area contributed by atoms with Crippen LogP contribution in [0.2, 0.25) is 0 Å². The van der Waals surface area contributed by atoms with Crippen LogP contribution in [0, 0.1) is 34.0 Å². The molecular weight excluding hydrogens is 520 g/mol. The average Bonchev–Trinajstić information content (AvgIpc) is 3.15. The number of carbonyl (C=O) groups excluding carboxylic acids is 1. The Morgan fingerprint density at radius 2 is 1.63 bits per heavy atom. The van der Waals surface area contributed by atoms with Crippen molar-refractivity contribution in [3.8, 4) is 0 Å². The van der Waals surface area contributed by atoms with Crippen molar-refractivity contribution in [1.29, 1.82) is 0 Å². The van der Waals surface area contributed by atoms with Gasteiger partial charge >= 0.3 is 11.9 Å². The van der Waals surface area contributed by atoms with Crippen LogP contribution in [0.5, 0.6) is 0 Å². The molecule has 0 amide bonds. The predicted octanol–water partition coefficient (Wildman–Crippen LogP) is 4.22. The molecule has 5 aliphatic carbocycles. The van der Waals surface area contributed by atoms with E-state index in [4.69, 9.17) is 16.2 Å². The summed E-state index contributed by atoms with van der Waals surface area (Å²) in [7, 11) is 0. The Kier molecular flexibility index (Phi) is 7.62. The summed E-state index contributed by atoms with van der Waals surface area (Å²) in [6.07, 6.45) is 4.81. The standard InChI is InChI=1S/C33H52N2O6/c1-17(2)19-8-7-9-20(14-19)25(29(39)40)26-21-15-23(38)27-30(4,32(21,6)16-24(26)41-18(3)36)12-13-33(35)28(34)22(37)10-11-31(27,33)5/h20-24,27-28,37-38H,7-16,34-35H2,1-6H3,(H,39,40)/b26-25-/t20?,21-,22+,23+,24-,27+,28+,30-,31+,32-,33+/m0/s1. The van der Waals surface area contributed by atoms with Crippen LogP contribution in [0.4, 0.5) is 0 Å². The van der Waals surface area contributed by atoms with E-state index >= 15 is 0 Å². The smallest absolute Gasteiger partial charge is 0.331 e. The topological polar surface area (TPSA) is 156 Å². The Morgan fingerprint density at radius 1 is 0.951 bits per heavy atom. The fourth-order valence-electron chi connectivity index (χ4n) is 10.9. The number of carboxylic acids is 1. The summed E-state index contributed by atoms with van der Waals surface area (Å²) >= 11 is 0. The molecule has 7 N–H and O–H groups in total. The molecule has 8 nitrogen and oxygen atoms in total. The SMILES string of the molecule is CC(=O)O[C@H]1C[C@@]2(C)[C@@H](C[C@@H](O)[C@@H]3[C@]2(C)CC[C@@]2(N)[C@H](N)[C@H](O)CC[C@]32C)/C1=C(/C(=O)O)C1CCCC(=C(C)C)C1. The van der Waals surface area contributed by atoms with Crippen LogP contribution < -0.4 is 11.5 Å². The maximum absolute atomic E-state index is 13.1. The monoisotopic (exact) mass is 572 g/mol. The number of fused-ring (bicyclic) bond motifs is 5. The van der Waals surface area contributed by atoms with E-state index in [9.17, 15) is 24.9 Å². The lowest BCUT2D eigenvalue weighted by molar-refractivity contribution is -0.234. The lowest BCUT2D eigenvalue weighted by Crippen LogP contribution is -2.78. The molecule has 5 fully saturated rings. The second-order valence-electron chi connectivity index (χ2n) is 15.1. The lowest BCUT2D eigenvalue weighted by Gasteiger charge is -2.71. The minimum Gasteiger partial charge on any atom is -0.478 e. The van der Waals surface area contributed by atoms with Gasteiger partial charge in [0.05, 0.1) is 12.2 Å². The number of rotatable bonds is 3. The molecule has 5 aliphatic rings. The summed E-state index contributed by atoms with van der Waals surface area (Å²) in [6, 6.07) is -0.578. The van der Waals surface area contributed by atoms with E-state index in [-0.39, 0.29) is 17.8 Å². The van der Waals surface area contributed by atoms with Crippen molar-refractivity contribution in [1.82, 2.24) is 0 Å². The number of aliphatic hydroxyl groups excluding tert-OH is 2. The van der Waals surface area contributed by atoms with Crippen molar-refractivity contribution < 1.29 is 29.6 Å². The van der Waals surface area contributed by atoms with Crippen molar-refractivity contribution in [3.63, 3.8) is 0 Å². The largest absolute Gasteiger partial charge is 0.478 e. The van der Waals surface area contributed by atoms with Crippen LogP contribution in [0.1, 0.15) is 106 Å². The number of hydrogen-bond donors (Lipinski definition) is 5. The van der Waals surface area contributed by atoms with Gasteiger partial charge in [0.2, 0.25) is 0 Å². The first kappa shape index (κ1) is 30.7. The van der Waals surface area contributed by atoms with Gasteiger partial charge < -0.3 is 31.5 Å². The molecule has 5 rings (SSSR count). The molecule has 1 unspecified atom stereocenters. The number of aliphatic carboxylic acids is 1. The highest BCUT2D eigenvalue weighted by atomic mass is 16.5. The quantitative estimate of drug-likeness (QED) is 0.191. The van der Waals surface area contributed by atoms with Crippen molar-refractivity contribution in [2.45, 2.75) is 136 Å². The summed E-state index contributed by atoms with van der Waals surface area (Å²) < 4.78 is 5.99. The van der Waals surface area contributed by atoms with Gasteiger partial charge in [0, 0.05) is 24.1 Å². The highest BCUT2D eigenvalue weighted by molar-refractivity contribution is 5.89. The van der Waals surface area contributed by atoms with Gasteiger partial charge in [-0.2, -0.15) is 0 Å². The fourth-order valence-corrected chi connectivity index (χ4v) is 10.9. The fraction of sp³-hybridized carbons (Fsp3) is 0.818. The molecule has 5 saturated carbocycles. The average molecular weight is 573 g/mol. The van der Waals surface area contributed by atoms with Gasteiger partial charge in [0.1, 0.15) is 6.10 Å². The highest BCUT2D eigenvalue weighted by Crippen LogP contribution is 2.74. The third kappa shape index (κ3) is 4.29. The number of esters is 1. The number of carbonyl (C=O) groups is 2. The van der Waals surface area contributed by atoms with Crippen molar-refractivity contribution in [2.75, 3.05) is 0 Å². The Hall–Kier alpha value is -1.74. The van der Waals surface area contributed by atoms with Gasteiger partial charge in [0.25, 0.3) is 0 Å². The zero-order valence-electron chi connectivity index (χ0n) is 25.8. The number of aliphatic hydroxyl groups is 2. The molecule has 0 aromatic heterocycles. The van der Waals surface area contributed by atoms with E-state index in [1.54, 1.807) is 0 Å². The minimum atomic E-state index is -0.938. The van der Waals surface area contributed by atoms with Crippen LogP contribution in [-0.4, -0.2) is 57.2 Å². The maximum Gasteiger partial charge on any atom is 0.331 e. The van der Waals surface area contributed by atoms with E-state index in [2.05, 4.69) is 34.6 Å². The first-order valence-corrected chi connectivity index (χ1v) is 15.7. The number of nitrogens with two attached hydrogens (primary N) is 2. The van der Waals surface area contributed by atoms with E-state index in [0.717, 1.165) is 24.8 Å². The molecule has 41 heavy (non-hydrogen) atoms. The van der Waals surface area contributed by atoms with Crippen LogP contribution in [0.25, 0.3) is 0 Å². The summed E-state index contributed by atoms with van der Waals surface area (Å²) in [5.74, 6) is -1.93. The molecular formula is C33H52N2O6. The second-order valence-corrected chi connectivity index (χ2v) is 15.1. The van der Waals surface area contributed by atoms with Gasteiger partial charge in [0.15, 0.2) is 0 Å². The Morgan fingerprint density at radius 3 is 2.24 bits per heavy atom. The van der Waals surface area contributed by atoms with Crippen molar-refractivity contribution in [3.05, 3.63) is 22.3 Å². The minimum absolute atomic E-state index is 0.150. The van der Waals surface area contributed by atoms with Gasteiger partial charge in [-0.15, -0.1) is 0 Å². The molecule has 0 spiro atoms. The zero-order chi connectivity index (χ0) is 30.3. The van der Waals surface area contributed by atoms with Crippen LogP contribution >= 0.6 is 0 Å². The van der Waals surface area contributed by atoms with E-state index in [1.165, 1.54) is 18.1 Å². The third-order valence-electron chi connectivity index (χ3n) is 13.2. The third-order valence-corrected chi connectivity index (χ3v) is 13.2. The van der Waals surface area contributed by atoms with Crippen LogP contribution in [0.3, 0.4) is 0 Å². The Bertz CT molecular complexity index is 1180. The molecule has 0 aromatic rings. The number of carboxylic acid groups (broad SMARTS) is 1. The summed E-state index contributed by atoms with van der Waals surface area (Å²) in [6.45, 7) is 12.2. The van der Waals surface area contributed by atoms with Crippen molar-refractivity contribution in [2.24, 2.45) is 45.5 Å². The molecule has 230 valence electrons. The molecule has 0 heterocycles. The first-order valence-electron chi connectivity index (χ1n) is 15.7. The zero-order valence-corrected chi connectivity index (χ0v) is 25.8. The number of allylic oxidation sites excluding steroid dienone is 2. The summed E-state index contributed by atoms with van der Waals surface area (Å²) in [5, 5.41) is 33.5. The predicted molar refractivity (Wildman–Crippen MR) is 156 cm³/mol. The molecule has 8 heteroatoms. The highest BCUT2D eigenvalue weighted by Gasteiger charge is 2.73. The van der Waals surface area contributed by atoms with Gasteiger partial charge in [-0.1, -0.05) is 31.9 Å². The van der Waals surface area contributed by atoms with Gasteiger partial charge in [-0.05, 0) is 118 Å². The van der Waals surface area contributed by atoms with Gasteiger partial charge in [-0.3, -0.25) is 4.79 Å². The molecule has 0 bridgehead atoms. The molecule has 0 saturated heterocycles. The van der Waals surface area contributed by atoms with Gasteiger partial charge in [-0.25, -0.2) is 4.79 Å². The first-order chi connectivity index (χ1) is 19.0. The number of ether oxygens (including phenoxy) is 1. The van der Waals surface area contributed by atoms with Crippen molar-refractivity contribution >= 4 is 11.9 Å². The maximum atomic E-state index is 13.1. The second kappa shape index (κ2) is 10.2. The summed E-state index contributed by atoms with van der Waals surface area (Å²) in [5.41, 5.74) is 15.3. The normalized spacial score (nSPS) is 48.9. The Labute approximate surface area is 245 Å².